The molecule has 3 saturated heterocycles. The van der Waals surface area contributed by atoms with E-state index in [-0.39, 0.29) is 82.1 Å². The number of fused-ring (bicyclic) bond motifs is 3. The van der Waals surface area contributed by atoms with Gasteiger partial charge in [0.05, 0.1) is 43.7 Å². The minimum atomic E-state index is -4.15. The first-order chi connectivity index (χ1) is 68.8. The van der Waals surface area contributed by atoms with E-state index in [0.29, 0.717) is 77.3 Å². The van der Waals surface area contributed by atoms with Gasteiger partial charge in [0, 0.05) is 109 Å². The number of aryl methyl sites for hydroxylation is 11. The Balaban J connectivity index is 0.000000209. The number of aromatic carboxylic acids is 1. The van der Waals surface area contributed by atoms with Crippen molar-refractivity contribution >= 4 is 88.1 Å². The van der Waals surface area contributed by atoms with Crippen LogP contribution in [0.25, 0.3) is 0 Å². The van der Waals surface area contributed by atoms with Gasteiger partial charge in [-0.1, -0.05) is 168 Å². The van der Waals surface area contributed by atoms with E-state index >= 15 is 0 Å². The molecule has 25 nitrogen and oxygen atoms in total. The van der Waals surface area contributed by atoms with Gasteiger partial charge in [0.1, 0.15) is 52.4 Å². The quantitative estimate of drug-likeness (QED) is 0.0216. The summed E-state index contributed by atoms with van der Waals surface area (Å²) >= 11 is 9.53. The molecule has 798 valence electrons. The van der Waals surface area contributed by atoms with Crippen LogP contribution in [-0.4, -0.2) is 180 Å². The van der Waals surface area contributed by atoms with Gasteiger partial charge in [-0.2, -0.15) is 8.61 Å². The lowest BCUT2D eigenvalue weighted by Crippen LogP contribution is -2.54. The fourth-order valence-corrected chi connectivity index (χ4v) is 24.7. The van der Waals surface area contributed by atoms with Crippen LogP contribution >= 0.6 is 23.2 Å². The summed E-state index contributed by atoms with van der Waals surface area (Å²) in [6.45, 7) is 37.3. The third kappa shape index (κ3) is 27.9. The molecular formula is C117H150Cl2FN9O16S3. The van der Waals surface area contributed by atoms with E-state index in [1.54, 1.807) is 120 Å². The summed E-state index contributed by atoms with van der Waals surface area (Å²) in [5, 5.41) is 58.8. The molecule has 3 fully saturated rings. The Bertz CT molecular complexity index is 6730. The van der Waals surface area contributed by atoms with Gasteiger partial charge in [-0.05, 0) is 325 Å². The Labute approximate surface area is 886 Å². The van der Waals surface area contributed by atoms with Gasteiger partial charge in [0.2, 0.25) is 30.1 Å². The minimum Gasteiger partial charge on any atom is -0.485 e. The van der Waals surface area contributed by atoms with E-state index in [0.717, 1.165) is 118 Å². The molecule has 0 spiro atoms. The summed E-state index contributed by atoms with van der Waals surface area (Å²) in [7, 11) is -12.2. The molecule has 0 saturated carbocycles. The molecule has 9 N–H and O–H groups in total. The van der Waals surface area contributed by atoms with E-state index in [9.17, 15) is 60.1 Å². The normalized spacial score (nSPS) is 19.6. The lowest BCUT2D eigenvalue weighted by Gasteiger charge is -2.46. The van der Waals surface area contributed by atoms with Crippen LogP contribution in [0.1, 0.15) is 247 Å². The van der Waals surface area contributed by atoms with Crippen molar-refractivity contribution in [2.24, 2.45) is 0 Å². The van der Waals surface area contributed by atoms with Crippen molar-refractivity contribution in [2.75, 3.05) is 60.6 Å². The van der Waals surface area contributed by atoms with Crippen LogP contribution in [0.4, 0.5) is 21.8 Å². The molecule has 0 bridgehead atoms. The van der Waals surface area contributed by atoms with Crippen LogP contribution in [-0.2, 0) is 56.0 Å². The zero-order valence-electron chi connectivity index (χ0n) is 86.5. The van der Waals surface area contributed by atoms with E-state index < -0.39 is 89.3 Å². The Morgan fingerprint density at radius 2 is 0.743 bits per heavy atom. The van der Waals surface area contributed by atoms with Crippen LogP contribution < -0.4 is 40.2 Å². The van der Waals surface area contributed by atoms with Crippen molar-refractivity contribution in [3.8, 4) is 17.2 Å². The van der Waals surface area contributed by atoms with Gasteiger partial charge in [-0.25, -0.2) is 34.8 Å². The third-order valence-electron chi connectivity index (χ3n) is 28.3. The maximum atomic E-state index is 14.7. The lowest BCUT2D eigenvalue weighted by atomic mass is 9.85. The van der Waals surface area contributed by atoms with Crippen LogP contribution in [0.2, 0.25) is 0 Å². The third-order valence-corrected chi connectivity index (χ3v) is 33.4. The number of para-hydroxylation sites is 3. The van der Waals surface area contributed by atoms with Gasteiger partial charge >= 0.3 is 5.97 Å². The number of carbonyl (C=O) groups excluding carboxylic acids is 2. The maximum Gasteiger partial charge on any atom is 0.335 e. The molecule has 6 aliphatic rings. The minimum absolute atomic E-state index is 0. The van der Waals surface area contributed by atoms with E-state index in [4.69, 9.17) is 37.4 Å². The molecule has 0 aliphatic carbocycles. The number of hydrogen-bond donors (Lipinski definition) is 9. The van der Waals surface area contributed by atoms with Crippen LogP contribution in [0, 0.1) is 62.3 Å². The Morgan fingerprint density at radius 1 is 0.419 bits per heavy atom. The number of alkyl halides is 2. The number of rotatable bonds is 27. The number of anilines is 3. The number of amides is 2. The predicted octanol–water partition coefficient (Wildman–Crippen LogP) is 22.3. The highest BCUT2D eigenvalue weighted by atomic mass is 35.5. The number of sulfonamides is 3. The molecule has 11 aromatic rings. The summed E-state index contributed by atoms with van der Waals surface area (Å²) in [4.78, 5) is 43.9. The molecular weight excluding hydrogens is 1970 g/mol. The highest BCUT2D eigenvalue weighted by Gasteiger charge is 2.52. The number of likely N-dealkylation sites (tertiary alicyclic amines) is 2. The number of carboxylic acids is 1. The molecule has 31 heteroatoms. The molecule has 6 aliphatic heterocycles. The molecule has 0 radical (unpaired) electrons. The Hall–Kier alpha value is -11.3. The van der Waals surface area contributed by atoms with Crippen LogP contribution in [0.3, 0.4) is 0 Å². The average molecular weight is 2120 g/mol. The standard InChI is InChI=1S/C41H49N3O5S.C32H39N3O5S.C28H31NO6S.C13H20N2.CH2Cl2.2CH4.FH/c1-7-30-16-18-31(19-17-30)26-44(50(47,48)34-15-8-11-27(2)23-34)38-35-24-32(20-21-36(35)49-41(5,6)39(38)45)40(46)43-22-10-14-33(43)25-42-37-28(3)12-9-13-29(37)4;1-20-9-6-13-25(17-20)41(38,39)34-29-26-18-23(14-15-27(26)40-32(4,5)30(29)36)31(37)35-16-8-12-24(35)19-33-28-21(2)10-7-11-22(28)3;1-5-19-9-11-20(12-10-19)17-29(36(33,34)22-8-6-7-18(2)15-22)25-23-16-21(27(31)32)13-14-24(23)35-28(3,4)26(25)30;1-10-5-3-6-11(2)13(10)15-9-12-7-4-8-14-12;2-1-3;;;/h8-9,11-13,15-21,23-24,33,38-39,42,45H,7,10,14,22,25-26H2,1-6H3;6-7,9-11,13-15,17-18,24,29-30,33-34,36H,8,12,16,19H2,1-5H3;6-16,25-26,30H,5,17H2,1-4H3,(H,31,32);3,5-6,12,14-15H,4,7-9H2,1-2H3;1H2;2*1H4;1H/t33-,38+,39-;24-,29+,30-;25-,26+;12-;;;;/m0010..../s1. The fraction of sp³-hybridized carbons (Fsp3) is 0.410. The van der Waals surface area contributed by atoms with Crippen molar-refractivity contribution in [1.29, 1.82) is 0 Å². The number of aliphatic hydroxyl groups excluding tert-OH is 3. The number of ether oxygens (including phenoxy) is 3. The Kier molecular flexibility index (Phi) is 40.9. The summed E-state index contributed by atoms with van der Waals surface area (Å²) < 4.78 is 108. The van der Waals surface area contributed by atoms with Crippen LogP contribution in [0.5, 0.6) is 17.2 Å². The number of aliphatic hydroxyl groups is 3. The summed E-state index contributed by atoms with van der Waals surface area (Å²) in [5.41, 5.74) is 15.8. The summed E-state index contributed by atoms with van der Waals surface area (Å²) in [6.07, 6.45) is 4.21. The fourth-order valence-electron chi connectivity index (χ4n) is 19.9. The first-order valence-corrected chi connectivity index (χ1v) is 55.3. The molecule has 17 rings (SSSR count). The molecule has 0 unspecified atom stereocenters. The number of hydrogen-bond acceptors (Lipinski definition) is 19. The summed E-state index contributed by atoms with van der Waals surface area (Å²) in [5.74, 6) is -0.186. The van der Waals surface area contributed by atoms with Crippen molar-refractivity contribution < 1.29 is 79.0 Å². The zero-order chi connectivity index (χ0) is 105. The predicted molar refractivity (Wildman–Crippen MR) is 593 cm³/mol. The molecule has 9 atom stereocenters. The van der Waals surface area contributed by atoms with Gasteiger partial charge in [0.15, 0.2) is 0 Å². The first-order valence-electron chi connectivity index (χ1n) is 49.9. The molecule has 148 heavy (non-hydrogen) atoms. The average Bonchev–Trinajstić information content (AvgIpc) is 0.906. The Morgan fingerprint density at radius 3 is 1.10 bits per heavy atom. The van der Waals surface area contributed by atoms with Crippen molar-refractivity contribution in [2.45, 2.75) is 283 Å². The number of nitrogens with one attached hydrogen (secondary N) is 5. The number of halogens is 3. The number of carboxylic acid groups (broad SMARTS) is 1. The second kappa shape index (κ2) is 51.0. The second-order valence-corrected chi connectivity index (χ2v) is 46.6. The smallest absolute Gasteiger partial charge is 0.335 e. The molecule has 2 amide bonds. The maximum absolute atomic E-state index is 14.7. The van der Waals surface area contributed by atoms with Gasteiger partial charge in [0.25, 0.3) is 11.8 Å². The monoisotopic (exact) mass is 2120 g/mol. The number of carbonyl (C=O) groups is 3. The highest BCUT2D eigenvalue weighted by Crippen LogP contribution is 2.50. The zero-order valence-corrected chi connectivity index (χ0v) is 90.5. The highest BCUT2D eigenvalue weighted by molar-refractivity contribution is 7.90. The topological polar surface area (TPSA) is 335 Å². The molecule has 6 heterocycles. The van der Waals surface area contributed by atoms with Gasteiger partial charge in [-0.15, -0.1) is 23.2 Å². The SMILES string of the molecule is C.C.CCc1ccc(CN([C@@H]2c3cc(C(=O)N4CCC[C@H]4CNc4c(C)cccc4C)ccc3OC(C)(C)[C@H]2O)S(=O)(=O)c2cccc(C)c2)cc1.CCc1ccc(CN([C@@H]2c3cc(C(=O)O)ccc3OC(C)(C)[C@H]2O)S(=O)(=O)c2cccc(C)c2)cc1.Cc1cccc(C)c1NC[C@@H]1CCCN1.Cc1cccc(S(=O)(=O)N[C@@H]2c3cc(C(=O)N4CCC[C@H]4CNc4c(C)cccc4C)ccc3OC(C)(C)[C@H]2O)c1.ClCCl.F. The van der Waals surface area contributed by atoms with Crippen molar-refractivity contribution in [1.82, 2.24) is 28.4 Å². The van der Waals surface area contributed by atoms with E-state index in [2.05, 4.69) is 117 Å². The molecule has 0 aromatic heterocycles. The van der Waals surface area contributed by atoms with Crippen molar-refractivity contribution in [3.05, 3.63) is 336 Å². The van der Waals surface area contributed by atoms with Gasteiger partial charge in [-0.3, -0.25) is 14.3 Å². The van der Waals surface area contributed by atoms with E-state index in [1.165, 1.54) is 75.1 Å². The number of nitrogens with zero attached hydrogens (tertiary/aromatic N) is 4. The van der Waals surface area contributed by atoms with Crippen molar-refractivity contribution in [3.63, 3.8) is 0 Å². The van der Waals surface area contributed by atoms with Crippen LogP contribution in [0.15, 0.2) is 245 Å². The molecule has 11 aromatic carbocycles. The largest absolute Gasteiger partial charge is 0.485 e. The second-order valence-electron chi connectivity index (χ2n) is 40.3. The number of benzene rings is 11. The lowest BCUT2D eigenvalue weighted by molar-refractivity contribution is -0.0802. The summed E-state index contributed by atoms with van der Waals surface area (Å²) in [6, 6.07) is 66.6. The first kappa shape index (κ1) is 119. The van der Waals surface area contributed by atoms with E-state index in [1.807, 2.05) is 116 Å². The van der Waals surface area contributed by atoms with Gasteiger partial charge < -0.3 is 65.7 Å².